The van der Waals surface area contributed by atoms with Crippen molar-refractivity contribution in [3.63, 3.8) is 0 Å². The first-order valence-corrected chi connectivity index (χ1v) is 14.4. The fourth-order valence-corrected chi connectivity index (χ4v) is 5.69. The molecule has 2 unspecified atom stereocenters. The highest BCUT2D eigenvalue weighted by Gasteiger charge is 2.43. The van der Waals surface area contributed by atoms with Crippen molar-refractivity contribution in [1.29, 1.82) is 0 Å². The molecule has 232 valence electrons. The standard InChI is InChI=1S/C32H35F6N3O2/c1-4-20(18-23(5-2)32(36,37)38)28(29(42)39-24-13-15-31(34,35)16-14-24)41(30(43)40-17-7-8-25(40)6-3)27-12-11-22(19-26(27)33)21-9-10-21/h3-5,11-12,18-19,21,24-25,28H,1,7-10,13-17H2,2H3,(H,39,42)/b20-18+,23-5+. The second-order valence-electron chi connectivity index (χ2n) is 11.3. The fraction of sp³-hybridized carbons (Fsp3) is 0.500. The molecule has 0 bridgehead atoms. The number of hydrogen-bond acceptors (Lipinski definition) is 2. The Morgan fingerprint density at radius 1 is 1.19 bits per heavy atom. The molecule has 0 spiro atoms. The Hall–Kier alpha value is -3.68. The quantitative estimate of drug-likeness (QED) is 0.190. The summed E-state index contributed by atoms with van der Waals surface area (Å²) in [6.45, 7) is 4.97. The summed E-state index contributed by atoms with van der Waals surface area (Å²) < 4.78 is 85.1. The maximum absolute atomic E-state index is 15.9. The first-order valence-electron chi connectivity index (χ1n) is 14.4. The summed E-state index contributed by atoms with van der Waals surface area (Å²) in [4.78, 5) is 30.3. The zero-order chi connectivity index (χ0) is 31.5. The predicted molar refractivity (Wildman–Crippen MR) is 152 cm³/mol. The van der Waals surface area contributed by atoms with Crippen LogP contribution in [0.1, 0.15) is 69.8 Å². The second-order valence-corrected chi connectivity index (χ2v) is 11.3. The Balaban J connectivity index is 1.85. The molecule has 3 fully saturated rings. The van der Waals surface area contributed by atoms with Crippen molar-refractivity contribution in [2.24, 2.45) is 0 Å². The van der Waals surface area contributed by atoms with Crippen molar-refractivity contribution in [2.45, 2.75) is 94.4 Å². The Kier molecular flexibility index (Phi) is 9.67. The van der Waals surface area contributed by atoms with E-state index >= 15 is 4.39 Å². The number of nitrogens with zero attached hydrogens (tertiary/aromatic N) is 2. The van der Waals surface area contributed by atoms with E-state index in [2.05, 4.69) is 17.8 Å². The molecule has 0 radical (unpaired) electrons. The number of amides is 3. The smallest absolute Gasteiger partial charge is 0.351 e. The number of alkyl halides is 5. The van der Waals surface area contributed by atoms with E-state index in [1.807, 2.05) is 0 Å². The fourth-order valence-electron chi connectivity index (χ4n) is 5.69. The van der Waals surface area contributed by atoms with Crippen LogP contribution in [0.15, 0.2) is 54.2 Å². The van der Waals surface area contributed by atoms with Gasteiger partial charge in [-0.15, -0.1) is 6.42 Å². The average molecular weight is 608 g/mol. The highest BCUT2D eigenvalue weighted by molar-refractivity contribution is 6.02. The van der Waals surface area contributed by atoms with Gasteiger partial charge in [0.15, 0.2) is 0 Å². The summed E-state index contributed by atoms with van der Waals surface area (Å²) in [7, 11) is 0. The lowest BCUT2D eigenvalue weighted by Gasteiger charge is -2.37. The molecule has 43 heavy (non-hydrogen) atoms. The topological polar surface area (TPSA) is 52.7 Å². The third-order valence-corrected chi connectivity index (χ3v) is 8.26. The summed E-state index contributed by atoms with van der Waals surface area (Å²) in [6, 6.07) is 0.129. The Bertz CT molecular complexity index is 1330. The van der Waals surface area contributed by atoms with E-state index in [-0.39, 0.29) is 36.6 Å². The molecule has 3 aliphatic rings. The van der Waals surface area contributed by atoms with Crippen LogP contribution in [0.4, 0.5) is 36.8 Å². The molecule has 1 aromatic carbocycles. The maximum Gasteiger partial charge on any atom is 0.416 e. The molecule has 1 heterocycles. The zero-order valence-electron chi connectivity index (χ0n) is 23.9. The Labute approximate surface area is 247 Å². The molecule has 1 N–H and O–H groups in total. The lowest BCUT2D eigenvalue weighted by molar-refractivity contribution is -0.123. The molecule has 5 nitrogen and oxygen atoms in total. The van der Waals surface area contributed by atoms with E-state index < -0.39 is 66.4 Å². The van der Waals surface area contributed by atoms with E-state index in [0.29, 0.717) is 24.5 Å². The van der Waals surface area contributed by atoms with Gasteiger partial charge in [-0.2, -0.15) is 13.2 Å². The van der Waals surface area contributed by atoms with Crippen LogP contribution >= 0.6 is 0 Å². The van der Waals surface area contributed by atoms with Gasteiger partial charge in [0.05, 0.1) is 17.3 Å². The molecule has 4 rings (SSSR count). The minimum absolute atomic E-state index is 0.0784. The molecule has 2 saturated carbocycles. The van der Waals surface area contributed by atoms with Gasteiger partial charge in [-0.25, -0.2) is 18.0 Å². The number of urea groups is 1. The number of nitrogens with one attached hydrogen (secondary N) is 1. The van der Waals surface area contributed by atoms with Crippen molar-refractivity contribution in [2.75, 3.05) is 11.4 Å². The van der Waals surface area contributed by atoms with Crippen LogP contribution in [-0.4, -0.2) is 53.6 Å². The predicted octanol–water partition coefficient (Wildman–Crippen LogP) is 7.41. The van der Waals surface area contributed by atoms with Crippen molar-refractivity contribution in [3.8, 4) is 12.3 Å². The SMILES string of the molecule is C#CC1CCCN1C(=O)N(c1ccc(C2CC2)cc1F)C(C(=O)NC1CCC(F)(F)CC1)/C(C=C)=C/C(=C\C)C(F)(F)F. The number of benzene rings is 1. The number of allylic oxidation sites excluding steroid dienone is 3. The molecule has 0 aromatic heterocycles. The van der Waals surface area contributed by atoms with Crippen LogP contribution in [0.3, 0.4) is 0 Å². The minimum Gasteiger partial charge on any atom is -0.351 e. The lowest BCUT2D eigenvalue weighted by atomic mass is 9.91. The van der Waals surface area contributed by atoms with Gasteiger partial charge in [0, 0.05) is 25.4 Å². The van der Waals surface area contributed by atoms with Crippen LogP contribution in [0.2, 0.25) is 0 Å². The number of hydrogen-bond donors (Lipinski definition) is 1. The van der Waals surface area contributed by atoms with Crippen molar-refractivity contribution in [1.82, 2.24) is 10.2 Å². The van der Waals surface area contributed by atoms with Gasteiger partial charge in [0.2, 0.25) is 11.8 Å². The van der Waals surface area contributed by atoms with Gasteiger partial charge in [0.1, 0.15) is 11.9 Å². The molecular formula is C32H35F6N3O2. The normalized spacial score (nSPS) is 22.1. The Morgan fingerprint density at radius 3 is 2.40 bits per heavy atom. The highest BCUT2D eigenvalue weighted by Crippen LogP contribution is 2.42. The number of rotatable bonds is 8. The monoisotopic (exact) mass is 607 g/mol. The number of halogens is 6. The third-order valence-electron chi connectivity index (χ3n) is 8.26. The summed E-state index contributed by atoms with van der Waals surface area (Å²) in [5.74, 6) is -2.01. The van der Waals surface area contributed by atoms with Crippen molar-refractivity contribution in [3.05, 3.63) is 65.5 Å². The number of likely N-dealkylation sites (tertiary alicyclic amines) is 1. The van der Waals surface area contributed by atoms with Crippen LogP contribution in [-0.2, 0) is 4.79 Å². The first-order chi connectivity index (χ1) is 20.3. The molecule has 1 saturated heterocycles. The molecule has 1 aliphatic heterocycles. The number of terminal acetylenes is 1. The summed E-state index contributed by atoms with van der Waals surface area (Å²) in [5, 5.41) is 2.64. The summed E-state index contributed by atoms with van der Waals surface area (Å²) >= 11 is 0. The van der Waals surface area contributed by atoms with Crippen LogP contribution in [0.25, 0.3) is 0 Å². The molecule has 3 amide bonds. The number of carbonyl (C=O) groups excluding carboxylic acids is 2. The minimum atomic E-state index is -4.81. The van der Waals surface area contributed by atoms with E-state index in [1.54, 1.807) is 6.07 Å². The first kappa shape index (κ1) is 32.2. The molecule has 11 heteroatoms. The lowest BCUT2D eigenvalue weighted by Crippen LogP contribution is -2.57. The van der Waals surface area contributed by atoms with Crippen LogP contribution < -0.4 is 10.2 Å². The maximum atomic E-state index is 15.9. The number of carbonyl (C=O) groups is 2. The van der Waals surface area contributed by atoms with Crippen LogP contribution in [0, 0.1) is 18.2 Å². The van der Waals surface area contributed by atoms with Gasteiger partial charge >= 0.3 is 12.2 Å². The van der Waals surface area contributed by atoms with Gasteiger partial charge < -0.3 is 10.2 Å². The van der Waals surface area contributed by atoms with Gasteiger partial charge in [-0.05, 0) is 80.7 Å². The molecule has 2 aliphatic carbocycles. The van der Waals surface area contributed by atoms with Gasteiger partial charge in [-0.1, -0.05) is 30.7 Å². The summed E-state index contributed by atoms with van der Waals surface area (Å²) in [6.07, 6.45) is 4.94. The summed E-state index contributed by atoms with van der Waals surface area (Å²) in [5.41, 5.74) is -1.07. The third kappa shape index (κ3) is 7.46. The number of anilines is 1. The zero-order valence-corrected chi connectivity index (χ0v) is 23.9. The largest absolute Gasteiger partial charge is 0.416 e. The van der Waals surface area contributed by atoms with E-state index in [0.717, 1.165) is 36.8 Å². The van der Waals surface area contributed by atoms with Crippen molar-refractivity contribution >= 4 is 17.6 Å². The molecule has 2 atom stereocenters. The molecule has 1 aromatic rings. The van der Waals surface area contributed by atoms with Gasteiger partial charge in [-0.3, -0.25) is 9.69 Å². The van der Waals surface area contributed by atoms with E-state index in [1.165, 1.54) is 17.0 Å². The molecular weight excluding hydrogens is 572 g/mol. The van der Waals surface area contributed by atoms with Gasteiger partial charge in [0.25, 0.3) is 0 Å². The van der Waals surface area contributed by atoms with E-state index in [9.17, 15) is 31.5 Å². The highest BCUT2D eigenvalue weighted by atomic mass is 19.4. The second kappa shape index (κ2) is 12.9. The average Bonchev–Trinajstić information content (AvgIpc) is 3.69. The van der Waals surface area contributed by atoms with Crippen molar-refractivity contribution < 1.29 is 35.9 Å². The van der Waals surface area contributed by atoms with E-state index in [4.69, 9.17) is 6.42 Å². The Morgan fingerprint density at radius 2 is 1.86 bits per heavy atom. The van der Waals surface area contributed by atoms with Crippen LogP contribution in [0.5, 0.6) is 0 Å².